The van der Waals surface area contributed by atoms with E-state index in [0.717, 1.165) is 35.7 Å². The summed E-state index contributed by atoms with van der Waals surface area (Å²) in [7, 11) is 0. The van der Waals surface area contributed by atoms with Gasteiger partial charge < -0.3 is 10.5 Å². The molecule has 0 aliphatic carbocycles. The van der Waals surface area contributed by atoms with Crippen molar-refractivity contribution in [1.82, 2.24) is 29.5 Å². The molecule has 0 radical (unpaired) electrons. The van der Waals surface area contributed by atoms with Crippen molar-refractivity contribution in [1.29, 1.82) is 0 Å². The van der Waals surface area contributed by atoms with Crippen LogP contribution in [0, 0.1) is 5.95 Å². The minimum atomic E-state index is -0.573. The fourth-order valence-corrected chi connectivity index (χ4v) is 3.80. The van der Waals surface area contributed by atoms with Crippen LogP contribution in [0.25, 0.3) is 33.5 Å². The second-order valence-electron chi connectivity index (χ2n) is 7.44. The number of carbonyl (C=O) groups is 1. The van der Waals surface area contributed by atoms with Gasteiger partial charge in [-0.05, 0) is 37.5 Å². The molecule has 0 bridgehead atoms. The highest BCUT2D eigenvalue weighted by atomic mass is 19.1. The van der Waals surface area contributed by atoms with Crippen molar-refractivity contribution >= 4 is 16.8 Å². The second kappa shape index (κ2) is 7.88. The quantitative estimate of drug-likeness (QED) is 0.496. The van der Waals surface area contributed by atoms with E-state index in [1.807, 2.05) is 10.7 Å². The normalized spacial score (nSPS) is 16.6. The van der Waals surface area contributed by atoms with Gasteiger partial charge in [0.1, 0.15) is 12.2 Å². The summed E-state index contributed by atoms with van der Waals surface area (Å²) in [5, 5.41) is 9.68. The van der Waals surface area contributed by atoms with E-state index >= 15 is 0 Å². The molecular weight excluding hydrogens is 401 g/mol. The first-order chi connectivity index (χ1) is 15.1. The molecule has 2 N–H and O–H groups in total. The van der Waals surface area contributed by atoms with Gasteiger partial charge in [0.2, 0.25) is 11.9 Å². The molecule has 5 heterocycles. The van der Waals surface area contributed by atoms with E-state index in [2.05, 4.69) is 15.1 Å². The zero-order chi connectivity index (χ0) is 21.4. The lowest BCUT2D eigenvalue weighted by Gasteiger charge is -2.23. The van der Waals surface area contributed by atoms with Gasteiger partial charge in [-0.25, -0.2) is 9.67 Å². The van der Waals surface area contributed by atoms with Gasteiger partial charge in [-0.1, -0.05) is 6.07 Å². The van der Waals surface area contributed by atoms with Gasteiger partial charge in [0.05, 0.1) is 29.3 Å². The summed E-state index contributed by atoms with van der Waals surface area (Å²) < 4.78 is 23.0. The summed E-state index contributed by atoms with van der Waals surface area (Å²) in [6.07, 6.45) is 7.75. The number of hydrogen-bond acceptors (Lipinski definition) is 6. The molecule has 31 heavy (non-hydrogen) atoms. The summed E-state index contributed by atoms with van der Waals surface area (Å²) in [6, 6.07) is 6.50. The van der Waals surface area contributed by atoms with Crippen LogP contribution < -0.4 is 5.73 Å². The molecule has 1 unspecified atom stereocenters. The number of carbonyl (C=O) groups excluding carboxylic acids is 1. The Balaban J connectivity index is 1.64. The molecule has 0 spiro atoms. The van der Waals surface area contributed by atoms with Gasteiger partial charge in [0.25, 0.3) is 0 Å². The fraction of sp³-hybridized carbons (Fsp3) is 0.286. The van der Waals surface area contributed by atoms with Crippen LogP contribution in [-0.2, 0) is 16.1 Å². The highest BCUT2D eigenvalue weighted by molar-refractivity contribution is 5.94. The minimum Gasteiger partial charge on any atom is -0.368 e. The monoisotopic (exact) mass is 421 g/mol. The minimum absolute atomic E-state index is 0.0162. The van der Waals surface area contributed by atoms with E-state index in [1.54, 1.807) is 30.7 Å². The van der Waals surface area contributed by atoms with Crippen molar-refractivity contribution in [2.75, 3.05) is 6.61 Å². The van der Waals surface area contributed by atoms with Crippen LogP contribution in [0.5, 0.6) is 0 Å². The number of ether oxygens (including phenoxy) is 1. The smallest absolute Gasteiger partial charge is 0.239 e. The summed E-state index contributed by atoms with van der Waals surface area (Å²) in [5.74, 6) is -1.05. The van der Waals surface area contributed by atoms with Gasteiger partial charge in [-0.3, -0.25) is 14.5 Å². The molecule has 158 valence electrons. The molecule has 1 atom stereocenters. The number of rotatable bonds is 5. The zero-order valence-corrected chi connectivity index (χ0v) is 16.6. The van der Waals surface area contributed by atoms with Crippen LogP contribution >= 0.6 is 0 Å². The standard InChI is InChI=1S/C21H20FN7O2/c22-18-5-3-4-15(26-18)21-14-8-16(13-9-25-28(11-13)12-19(23)30)24-10-17(14)29(27-21)20-6-1-2-7-31-20/h3-5,8-11,20H,1-2,6-7,12H2,(H2,23,30). The third-order valence-electron chi connectivity index (χ3n) is 5.23. The molecule has 5 rings (SSSR count). The maximum absolute atomic E-state index is 13.8. The number of nitrogens with two attached hydrogens (primary N) is 1. The molecule has 4 aromatic rings. The fourth-order valence-electron chi connectivity index (χ4n) is 3.80. The molecule has 1 saturated heterocycles. The Bertz CT molecular complexity index is 1260. The van der Waals surface area contributed by atoms with Gasteiger partial charge >= 0.3 is 0 Å². The molecule has 9 nitrogen and oxygen atoms in total. The largest absolute Gasteiger partial charge is 0.368 e. The first-order valence-corrected chi connectivity index (χ1v) is 10.0. The lowest BCUT2D eigenvalue weighted by atomic mass is 10.1. The van der Waals surface area contributed by atoms with E-state index < -0.39 is 11.9 Å². The Hall–Kier alpha value is -3.66. The van der Waals surface area contributed by atoms with E-state index in [1.165, 1.54) is 10.7 Å². The lowest BCUT2D eigenvalue weighted by Crippen LogP contribution is -2.19. The Kier molecular flexibility index (Phi) is 4.91. The predicted octanol–water partition coefficient (Wildman–Crippen LogP) is 2.68. The predicted molar refractivity (Wildman–Crippen MR) is 110 cm³/mol. The first kappa shape index (κ1) is 19.3. The van der Waals surface area contributed by atoms with E-state index in [-0.39, 0.29) is 12.8 Å². The molecule has 0 saturated carbocycles. The van der Waals surface area contributed by atoms with Crippen LogP contribution in [0.1, 0.15) is 25.5 Å². The molecule has 1 aliphatic heterocycles. The van der Waals surface area contributed by atoms with Gasteiger partial charge in [-0.15, -0.1) is 0 Å². The summed E-state index contributed by atoms with van der Waals surface area (Å²) >= 11 is 0. The number of fused-ring (bicyclic) bond motifs is 1. The molecular formula is C21H20FN7O2. The van der Waals surface area contributed by atoms with Gasteiger partial charge in [0.15, 0.2) is 6.23 Å². The molecule has 4 aromatic heterocycles. The summed E-state index contributed by atoms with van der Waals surface area (Å²) in [4.78, 5) is 19.7. The number of primary amides is 1. The SMILES string of the molecule is NC(=O)Cn1cc(-c2cc3c(-c4cccc(F)n4)nn(C4CCCCO4)c3cn2)cn1. The van der Waals surface area contributed by atoms with E-state index in [9.17, 15) is 9.18 Å². The average Bonchev–Trinajstić information content (AvgIpc) is 3.38. The molecule has 1 aliphatic rings. The summed E-state index contributed by atoms with van der Waals surface area (Å²) in [5.41, 5.74) is 8.37. The molecule has 1 amide bonds. The Morgan fingerprint density at radius 1 is 1.26 bits per heavy atom. The van der Waals surface area contributed by atoms with Crippen LogP contribution in [0.3, 0.4) is 0 Å². The highest BCUT2D eigenvalue weighted by Crippen LogP contribution is 2.33. The third kappa shape index (κ3) is 3.77. The number of pyridine rings is 2. The zero-order valence-electron chi connectivity index (χ0n) is 16.6. The molecule has 1 fully saturated rings. The van der Waals surface area contributed by atoms with Crippen molar-refractivity contribution in [3.8, 4) is 22.6 Å². The van der Waals surface area contributed by atoms with Crippen molar-refractivity contribution in [2.24, 2.45) is 5.73 Å². The number of amides is 1. The summed E-state index contributed by atoms with van der Waals surface area (Å²) in [6.45, 7) is 0.655. The maximum atomic E-state index is 13.8. The van der Waals surface area contributed by atoms with Gasteiger partial charge in [-0.2, -0.15) is 14.6 Å². The molecule has 0 aromatic carbocycles. The lowest BCUT2D eigenvalue weighted by molar-refractivity contribution is -0.118. The average molecular weight is 421 g/mol. The van der Waals surface area contributed by atoms with Crippen LogP contribution in [0.4, 0.5) is 4.39 Å². The second-order valence-corrected chi connectivity index (χ2v) is 7.44. The van der Waals surface area contributed by atoms with Crippen LogP contribution in [0.2, 0.25) is 0 Å². The third-order valence-corrected chi connectivity index (χ3v) is 5.23. The number of hydrogen-bond donors (Lipinski definition) is 1. The van der Waals surface area contributed by atoms with Crippen molar-refractivity contribution in [3.63, 3.8) is 0 Å². The number of nitrogens with zero attached hydrogens (tertiary/aromatic N) is 6. The van der Waals surface area contributed by atoms with Crippen LogP contribution in [0.15, 0.2) is 42.9 Å². The Morgan fingerprint density at radius 2 is 2.16 bits per heavy atom. The topological polar surface area (TPSA) is 114 Å². The maximum Gasteiger partial charge on any atom is 0.239 e. The Labute approximate surface area is 176 Å². The van der Waals surface area contributed by atoms with Crippen LogP contribution in [-0.4, -0.2) is 42.0 Å². The van der Waals surface area contributed by atoms with E-state index in [0.29, 0.717) is 23.7 Å². The Morgan fingerprint density at radius 3 is 2.94 bits per heavy atom. The molecule has 10 heteroatoms. The van der Waals surface area contributed by atoms with Crippen molar-refractivity contribution in [2.45, 2.75) is 32.0 Å². The number of halogens is 1. The highest BCUT2D eigenvalue weighted by Gasteiger charge is 2.23. The van der Waals surface area contributed by atoms with Crippen molar-refractivity contribution < 1.29 is 13.9 Å². The number of aromatic nitrogens is 6. The van der Waals surface area contributed by atoms with Crippen molar-refractivity contribution in [3.05, 3.63) is 48.8 Å². The van der Waals surface area contributed by atoms with Gasteiger partial charge in [0, 0.05) is 23.8 Å². The van der Waals surface area contributed by atoms with E-state index in [4.69, 9.17) is 15.6 Å². The first-order valence-electron chi connectivity index (χ1n) is 10.0.